The van der Waals surface area contributed by atoms with Crippen LogP contribution in [0, 0.1) is 11.7 Å². The number of amides is 1. The molecule has 0 aromatic heterocycles. The molecule has 1 amide bonds. The van der Waals surface area contributed by atoms with Crippen LogP contribution in [0.4, 0.5) is 4.39 Å². The van der Waals surface area contributed by atoms with E-state index in [0.29, 0.717) is 5.56 Å². The first-order chi connectivity index (χ1) is 11.6. The summed E-state index contributed by atoms with van der Waals surface area (Å²) in [6, 6.07) is 13.4. The van der Waals surface area contributed by atoms with Gasteiger partial charge in [-0.3, -0.25) is 4.79 Å². The quantitative estimate of drug-likeness (QED) is 0.857. The number of benzene rings is 2. The van der Waals surface area contributed by atoms with Crippen molar-refractivity contribution in [1.82, 2.24) is 5.32 Å². The summed E-state index contributed by atoms with van der Waals surface area (Å²) in [6.07, 6.45) is -0.0467. The number of carbonyl (C=O) groups is 1. The van der Waals surface area contributed by atoms with Gasteiger partial charge in [-0.1, -0.05) is 24.3 Å². The largest absolute Gasteiger partial charge is 0.497 e. The second kappa shape index (κ2) is 7.01. The van der Waals surface area contributed by atoms with E-state index in [0.717, 1.165) is 17.7 Å². The predicted molar refractivity (Wildman–Crippen MR) is 88.2 cm³/mol. The Bertz CT molecular complexity index is 717. The smallest absolute Gasteiger partial charge is 0.223 e. The Morgan fingerprint density at radius 1 is 1.33 bits per heavy atom. The summed E-state index contributed by atoms with van der Waals surface area (Å²) in [7, 11) is 1.62. The molecule has 1 saturated carbocycles. The number of rotatable bonds is 6. The second-order valence-corrected chi connectivity index (χ2v) is 6.04. The molecule has 0 radical (unpaired) electrons. The van der Waals surface area contributed by atoms with E-state index >= 15 is 0 Å². The van der Waals surface area contributed by atoms with Crippen LogP contribution in [0.3, 0.4) is 0 Å². The van der Waals surface area contributed by atoms with Crippen LogP contribution < -0.4 is 10.1 Å². The number of ether oxygens (including phenoxy) is 1. The van der Waals surface area contributed by atoms with E-state index in [2.05, 4.69) is 5.32 Å². The van der Waals surface area contributed by atoms with Gasteiger partial charge in [0.25, 0.3) is 0 Å². The lowest BCUT2D eigenvalue weighted by atomic mass is 10.1. The molecule has 4 nitrogen and oxygen atoms in total. The summed E-state index contributed by atoms with van der Waals surface area (Å²) in [5, 5.41) is 12.8. The molecule has 2 aromatic rings. The number of halogens is 1. The van der Waals surface area contributed by atoms with Gasteiger partial charge in [-0.05, 0) is 47.7 Å². The third-order valence-electron chi connectivity index (χ3n) is 4.37. The molecule has 0 bridgehead atoms. The molecule has 0 saturated heterocycles. The minimum atomic E-state index is -0.844. The van der Waals surface area contributed by atoms with Crippen molar-refractivity contribution in [2.75, 3.05) is 13.7 Å². The first-order valence-electron chi connectivity index (χ1n) is 7.93. The summed E-state index contributed by atoms with van der Waals surface area (Å²) in [6.45, 7) is 0.117. The van der Waals surface area contributed by atoms with Crippen LogP contribution in [0.2, 0.25) is 0 Å². The number of carbonyl (C=O) groups excluding carboxylic acids is 1. The van der Waals surface area contributed by atoms with Gasteiger partial charge in [-0.15, -0.1) is 0 Å². The zero-order valence-corrected chi connectivity index (χ0v) is 13.4. The molecule has 2 N–H and O–H groups in total. The Morgan fingerprint density at radius 2 is 2.08 bits per heavy atom. The fourth-order valence-electron chi connectivity index (χ4n) is 2.86. The average Bonchev–Trinajstić information content (AvgIpc) is 3.41. The van der Waals surface area contributed by atoms with Gasteiger partial charge in [0.15, 0.2) is 0 Å². The van der Waals surface area contributed by atoms with Gasteiger partial charge in [-0.25, -0.2) is 4.39 Å². The number of aliphatic hydroxyl groups excluding tert-OH is 1. The van der Waals surface area contributed by atoms with Crippen molar-refractivity contribution in [3.63, 3.8) is 0 Å². The van der Waals surface area contributed by atoms with E-state index in [1.807, 2.05) is 24.3 Å². The molecule has 5 heteroatoms. The van der Waals surface area contributed by atoms with Crippen molar-refractivity contribution in [3.05, 3.63) is 65.5 Å². The molecule has 3 unspecified atom stereocenters. The lowest BCUT2D eigenvalue weighted by Crippen LogP contribution is -2.30. The number of hydrogen-bond acceptors (Lipinski definition) is 3. The fourth-order valence-corrected chi connectivity index (χ4v) is 2.86. The summed E-state index contributed by atoms with van der Waals surface area (Å²) in [5.74, 6) is 0.490. The summed E-state index contributed by atoms with van der Waals surface area (Å²) < 4.78 is 18.1. The number of methoxy groups -OCH3 is 1. The molecule has 0 spiro atoms. The molecule has 2 aromatic carbocycles. The molecule has 3 atom stereocenters. The molecule has 126 valence electrons. The van der Waals surface area contributed by atoms with E-state index in [1.165, 1.54) is 24.3 Å². The van der Waals surface area contributed by atoms with Gasteiger partial charge in [0.1, 0.15) is 11.6 Å². The highest BCUT2D eigenvalue weighted by Gasteiger charge is 2.44. The van der Waals surface area contributed by atoms with Crippen molar-refractivity contribution < 1.29 is 19.0 Å². The van der Waals surface area contributed by atoms with E-state index in [-0.39, 0.29) is 30.1 Å². The third kappa shape index (κ3) is 3.74. The Morgan fingerprint density at radius 3 is 2.79 bits per heavy atom. The van der Waals surface area contributed by atoms with Crippen LogP contribution in [-0.2, 0) is 4.79 Å². The van der Waals surface area contributed by atoms with Crippen LogP contribution >= 0.6 is 0 Å². The van der Waals surface area contributed by atoms with Gasteiger partial charge < -0.3 is 15.2 Å². The maximum Gasteiger partial charge on any atom is 0.223 e. The van der Waals surface area contributed by atoms with Gasteiger partial charge >= 0.3 is 0 Å². The van der Waals surface area contributed by atoms with Gasteiger partial charge in [-0.2, -0.15) is 0 Å². The molecule has 0 aliphatic heterocycles. The maximum absolute atomic E-state index is 12.9. The lowest BCUT2D eigenvalue weighted by Gasteiger charge is -2.12. The highest BCUT2D eigenvalue weighted by atomic mass is 19.1. The molecule has 1 fully saturated rings. The Kier molecular flexibility index (Phi) is 4.81. The second-order valence-electron chi connectivity index (χ2n) is 6.04. The Balaban J connectivity index is 1.52. The Labute approximate surface area is 140 Å². The SMILES string of the molecule is COc1cccc(C2CC2C(=O)NCC(O)c2ccc(F)cc2)c1. The van der Waals surface area contributed by atoms with Crippen LogP contribution in [0.5, 0.6) is 5.75 Å². The highest BCUT2D eigenvalue weighted by Crippen LogP contribution is 2.48. The van der Waals surface area contributed by atoms with E-state index in [4.69, 9.17) is 4.74 Å². The van der Waals surface area contributed by atoms with Crippen molar-refractivity contribution in [3.8, 4) is 5.75 Å². The lowest BCUT2D eigenvalue weighted by molar-refractivity contribution is -0.122. The van der Waals surface area contributed by atoms with Crippen LogP contribution in [0.1, 0.15) is 29.6 Å². The first kappa shape index (κ1) is 16.5. The van der Waals surface area contributed by atoms with Gasteiger partial charge in [0, 0.05) is 12.5 Å². The molecule has 24 heavy (non-hydrogen) atoms. The summed E-state index contributed by atoms with van der Waals surface area (Å²) in [4.78, 5) is 12.2. The monoisotopic (exact) mass is 329 g/mol. The van der Waals surface area contributed by atoms with E-state index in [1.54, 1.807) is 7.11 Å². The average molecular weight is 329 g/mol. The fraction of sp³-hybridized carbons (Fsp3) is 0.316. The standard InChI is InChI=1S/C19H20FNO3/c1-24-15-4-2-3-13(9-15)16-10-17(16)19(23)21-11-18(22)12-5-7-14(20)8-6-12/h2-9,16-18,22H,10-11H2,1H3,(H,21,23). The number of hydrogen-bond donors (Lipinski definition) is 2. The van der Waals surface area contributed by atoms with Crippen LogP contribution in [0.25, 0.3) is 0 Å². The zero-order valence-electron chi connectivity index (χ0n) is 13.4. The highest BCUT2D eigenvalue weighted by molar-refractivity contribution is 5.83. The van der Waals surface area contributed by atoms with Gasteiger partial charge in [0.2, 0.25) is 5.91 Å². The summed E-state index contributed by atoms with van der Waals surface area (Å²) >= 11 is 0. The van der Waals surface area contributed by atoms with Crippen LogP contribution in [-0.4, -0.2) is 24.7 Å². The van der Waals surface area contributed by atoms with Crippen molar-refractivity contribution in [2.24, 2.45) is 5.92 Å². The van der Waals surface area contributed by atoms with Crippen LogP contribution in [0.15, 0.2) is 48.5 Å². The molecular formula is C19H20FNO3. The molecule has 0 heterocycles. The van der Waals surface area contributed by atoms with Gasteiger partial charge in [0.05, 0.1) is 13.2 Å². The molecule has 3 rings (SSSR count). The Hall–Kier alpha value is -2.40. The number of aliphatic hydroxyl groups is 1. The van der Waals surface area contributed by atoms with E-state index in [9.17, 15) is 14.3 Å². The van der Waals surface area contributed by atoms with E-state index < -0.39 is 6.10 Å². The van der Waals surface area contributed by atoms with Crippen molar-refractivity contribution >= 4 is 5.91 Å². The minimum absolute atomic E-state index is 0.0658. The molecular weight excluding hydrogens is 309 g/mol. The maximum atomic E-state index is 12.9. The predicted octanol–water partition coefficient (Wildman–Crippen LogP) is 2.79. The summed E-state index contributed by atoms with van der Waals surface area (Å²) in [5.41, 5.74) is 1.67. The first-order valence-corrected chi connectivity index (χ1v) is 7.93. The van der Waals surface area contributed by atoms with Crippen molar-refractivity contribution in [1.29, 1.82) is 0 Å². The minimum Gasteiger partial charge on any atom is -0.497 e. The molecule has 1 aliphatic carbocycles. The van der Waals surface area contributed by atoms with Crippen molar-refractivity contribution in [2.45, 2.75) is 18.4 Å². The zero-order chi connectivity index (χ0) is 17.1. The topological polar surface area (TPSA) is 58.6 Å². The normalized spacial score (nSPS) is 20.3. The number of nitrogens with one attached hydrogen (secondary N) is 1. The molecule has 1 aliphatic rings. The third-order valence-corrected chi connectivity index (χ3v) is 4.37.